The van der Waals surface area contributed by atoms with Crippen molar-refractivity contribution in [3.8, 4) is 0 Å². The second-order valence-corrected chi connectivity index (χ2v) is 6.76. The molecule has 2 atom stereocenters. The number of rotatable bonds is 4. The van der Waals surface area contributed by atoms with Gasteiger partial charge >= 0.3 is 0 Å². The zero-order chi connectivity index (χ0) is 14.0. The van der Waals surface area contributed by atoms with Gasteiger partial charge in [-0.25, -0.2) is 0 Å². The summed E-state index contributed by atoms with van der Waals surface area (Å²) in [4.78, 5) is 0. The molecule has 1 heteroatoms. The minimum atomic E-state index is 0.516. The van der Waals surface area contributed by atoms with Crippen LogP contribution in [-0.2, 0) is 4.74 Å². The van der Waals surface area contributed by atoms with Crippen LogP contribution in [0.5, 0.6) is 0 Å². The predicted octanol–water partition coefficient (Wildman–Crippen LogP) is 5.89. The standard InChI is InChI=1S/C15H26O.C4H8/c1-2-16-15(13-9-5-3-6-10-13)14-11-7-4-8-12-14;1-2-4-3-1/h5,9,13-15H,2-4,6-8,10-12H2,1H3;1-4H2. The van der Waals surface area contributed by atoms with Crippen LogP contribution >= 0.6 is 0 Å². The number of ether oxygens (including phenoxy) is 1. The first-order valence-corrected chi connectivity index (χ1v) is 9.20. The molecule has 20 heavy (non-hydrogen) atoms. The van der Waals surface area contributed by atoms with Crippen LogP contribution in [0.4, 0.5) is 0 Å². The minimum Gasteiger partial charge on any atom is -0.378 e. The Bertz CT molecular complexity index is 257. The average molecular weight is 278 g/mol. The first-order chi connectivity index (χ1) is 9.92. The van der Waals surface area contributed by atoms with E-state index < -0.39 is 0 Å². The summed E-state index contributed by atoms with van der Waals surface area (Å²) in [5.74, 6) is 1.54. The van der Waals surface area contributed by atoms with Crippen molar-refractivity contribution in [3.63, 3.8) is 0 Å². The van der Waals surface area contributed by atoms with Crippen molar-refractivity contribution in [2.24, 2.45) is 11.8 Å². The quantitative estimate of drug-likeness (QED) is 0.583. The summed E-state index contributed by atoms with van der Waals surface area (Å²) < 4.78 is 6.07. The molecule has 0 bridgehead atoms. The van der Waals surface area contributed by atoms with Crippen LogP contribution in [-0.4, -0.2) is 12.7 Å². The van der Waals surface area contributed by atoms with E-state index in [0.717, 1.165) is 12.5 Å². The van der Waals surface area contributed by atoms with E-state index in [9.17, 15) is 0 Å². The topological polar surface area (TPSA) is 9.23 Å². The molecule has 0 radical (unpaired) electrons. The molecule has 0 spiro atoms. The van der Waals surface area contributed by atoms with Crippen molar-refractivity contribution in [1.82, 2.24) is 0 Å². The summed E-state index contributed by atoms with van der Waals surface area (Å²) >= 11 is 0. The molecule has 0 saturated heterocycles. The summed E-state index contributed by atoms with van der Waals surface area (Å²) in [5.41, 5.74) is 0. The number of hydrogen-bond acceptors (Lipinski definition) is 1. The van der Waals surface area contributed by atoms with Crippen LogP contribution in [0.25, 0.3) is 0 Å². The summed E-state index contributed by atoms with van der Waals surface area (Å²) in [5, 5.41) is 0. The molecule has 3 aliphatic rings. The van der Waals surface area contributed by atoms with Crippen LogP contribution in [0.15, 0.2) is 12.2 Å². The minimum absolute atomic E-state index is 0.516. The highest BCUT2D eigenvalue weighted by Crippen LogP contribution is 2.35. The number of hydrogen-bond donors (Lipinski definition) is 0. The monoisotopic (exact) mass is 278 g/mol. The normalized spacial score (nSPS) is 28.1. The van der Waals surface area contributed by atoms with Gasteiger partial charge in [0.05, 0.1) is 6.10 Å². The van der Waals surface area contributed by atoms with Crippen molar-refractivity contribution in [3.05, 3.63) is 12.2 Å². The van der Waals surface area contributed by atoms with E-state index in [-0.39, 0.29) is 0 Å². The summed E-state index contributed by atoms with van der Waals surface area (Å²) in [6.07, 6.45) is 22.4. The van der Waals surface area contributed by atoms with Gasteiger partial charge in [0.2, 0.25) is 0 Å². The molecular weight excluding hydrogens is 244 g/mol. The summed E-state index contributed by atoms with van der Waals surface area (Å²) in [6, 6.07) is 0. The largest absolute Gasteiger partial charge is 0.378 e. The predicted molar refractivity (Wildman–Crippen MR) is 86.9 cm³/mol. The fourth-order valence-corrected chi connectivity index (χ4v) is 3.63. The van der Waals surface area contributed by atoms with Gasteiger partial charge in [0.15, 0.2) is 0 Å². The lowest BCUT2D eigenvalue weighted by Gasteiger charge is -2.35. The molecule has 116 valence electrons. The third-order valence-electron chi connectivity index (χ3n) is 5.19. The van der Waals surface area contributed by atoms with Crippen LogP contribution in [0.1, 0.15) is 84.0 Å². The summed E-state index contributed by atoms with van der Waals surface area (Å²) in [7, 11) is 0. The van der Waals surface area contributed by atoms with Gasteiger partial charge in [-0.2, -0.15) is 0 Å². The highest BCUT2D eigenvalue weighted by molar-refractivity contribution is 4.98. The second kappa shape index (κ2) is 9.60. The van der Waals surface area contributed by atoms with Gasteiger partial charge in [-0.15, -0.1) is 0 Å². The van der Waals surface area contributed by atoms with E-state index in [1.165, 1.54) is 77.0 Å². The molecule has 0 aliphatic heterocycles. The molecule has 1 nitrogen and oxygen atoms in total. The maximum atomic E-state index is 6.07. The fourth-order valence-electron chi connectivity index (χ4n) is 3.63. The molecule has 0 amide bonds. The Hall–Kier alpha value is -0.300. The Kier molecular flexibility index (Phi) is 7.72. The molecule has 0 heterocycles. The Morgan fingerprint density at radius 2 is 1.55 bits per heavy atom. The molecule has 2 fully saturated rings. The van der Waals surface area contributed by atoms with E-state index in [4.69, 9.17) is 4.74 Å². The summed E-state index contributed by atoms with van der Waals surface area (Å²) in [6.45, 7) is 3.02. The first-order valence-electron chi connectivity index (χ1n) is 9.20. The number of allylic oxidation sites excluding steroid dienone is 1. The van der Waals surface area contributed by atoms with Crippen molar-refractivity contribution >= 4 is 0 Å². The molecule has 0 aromatic rings. The fraction of sp³-hybridized carbons (Fsp3) is 0.895. The van der Waals surface area contributed by atoms with Gasteiger partial charge in [-0.05, 0) is 44.9 Å². The van der Waals surface area contributed by atoms with Gasteiger partial charge in [0, 0.05) is 12.5 Å². The molecule has 0 N–H and O–H groups in total. The van der Waals surface area contributed by atoms with Crippen LogP contribution in [0.3, 0.4) is 0 Å². The molecule has 3 rings (SSSR count). The molecule has 0 aromatic heterocycles. The third kappa shape index (κ3) is 5.24. The SMILES string of the molecule is C1CCC1.CCOC(C1C=CCCC1)C1CCCCC1. The third-order valence-corrected chi connectivity index (χ3v) is 5.19. The molecular formula is C19H34O. The Balaban J connectivity index is 0.000000315. The highest BCUT2D eigenvalue weighted by Gasteiger charge is 2.30. The maximum absolute atomic E-state index is 6.07. The van der Waals surface area contributed by atoms with E-state index >= 15 is 0 Å². The van der Waals surface area contributed by atoms with Crippen molar-refractivity contribution in [2.75, 3.05) is 6.61 Å². The van der Waals surface area contributed by atoms with E-state index in [0.29, 0.717) is 12.0 Å². The van der Waals surface area contributed by atoms with Crippen molar-refractivity contribution in [2.45, 2.75) is 90.1 Å². The lowest BCUT2D eigenvalue weighted by Crippen LogP contribution is -2.33. The Morgan fingerprint density at radius 3 is 2.05 bits per heavy atom. The maximum Gasteiger partial charge on any atom is 0.0665 e. The molecule has 3 aliphatic carbocycles. The van der Waals surface area contributed by atoms with E-state index in [1.54, 1.807) is 0 Å². The van der Waals surface area contributed by atoms with Crippen LogP contribution in [0, 0.1) is 11.8 Å². The van der Waals surface area contributed by atoms with Gasteiger partial charge < -0.3 is 4.74 Å². The average Bonchev–Trinajstić information content (AvgIpc) is 2.45. The smallest absolute Gasteiger partial charge is 0.0665 e. The molecule has 0 aromatic carbocycles. The van der Waals surface area contributed by atoms with E-state index in [2.05, 4.69) is 19.1 Å². The zero-order valence-electron chi connectivity index (χ0n) is 13.5. The van der Waals surface area contributed by atoms with Crippen LogP contribution in [0.2, 0.25) is 0 Å². The Morgan fingerprint density at radius 1 is 0.900 bits per heavy atom. The lowest BCUT2D eigenvalue weighted by molar-refractivity contribution is -0.0224. The van der Waals surface area contributed by atoms with E-state index in [1.807, 2.05) is 0 Å². The Labute approximate surface area is 126 Å². The first kappa shape index (κ1) is 16.1. The van der Waals surface area contributed by atoms with Crippen LogP contribution < -0.4 is 0 Å². The highest BCUT2D eigenvalue weighted by atomic mass is 16.5. The van der Waals surface area contributed by atoms with Gasteiger partial charge in [0.1, 0.15) is 0 Å². The molecule has 2 saturated carbocycles. The second-order valence-electron chi connectivity index (χ2n) is 6.76. The lowest BCUT2D eigenvalue weighted by atomic mass is 9.77. The molecule has 2 unspecified atom stereocenters. The van der Waals surface area contributed by atoms with Gasteiger partial charge in [-0.3, -0.25) is 0 Å². The van der Waals surface area contributed by atoms with Gasteiger partial charge in [-0.1, -0.05) is 57.1 Å². The zero-order valence-corrected chi connectivity index (χ0v) is 13.5. The van der Waals surface area contributed by atoms with Crippen molar-refractivity contribution in [1.29, 1.82) is 0 Å². The van der Waals surface area contributed by atoms with Crippen molar-refractivity contribution < 1.29 is 4.74 Å². The van der Waals surface area contributed by atoms with Gasteiger partial charge in [0.25, 0.3) is 0 Å².